The molecule has 0 unspecified atom stereocenters. The molecule has 6 nitrogen and oxygen atoms in total. The van der Waals surface area contributed by atoms with Crippen molar-refractivity contribution in [1.29, 1.82) is 0 Å². The highest BCUT2D eigenvalue weighted by Crippen LogP contribution is 2.32. The maximum absolute atomic E-state index is 11.0. The second kappa shape index (κ2) is 7.60. The average Bonchev–Trinajstić information content (AvgIpc) is 2.28. The van der Waals surface area contributed by atoms with Gasteiger partial charge in [-0.25, -0.2) is 4.79 Å². The van der Waals surface area contributed by atoms with Gasteiger partial charge in [-0.2, -0.15) is 0 Å². The number of hydrogen-bond donors (Lipinski definition) is 2. The van der Waals surface area contributed by atoms with Crippen molar-refractivity contribution in [2.75, 3.05) is 11.9 Å². The van der Waals surface area contributed by atoms with Crippen LogP contribution < -0.4 is 10.1 Å². The summed E-state index contributed by atoms with van der Waals surface area (Å²) < 4.78 is 5.03. The molecule has 0 radical (unpaired) electrons. The summed E-state index contributed by atoms with van der Waals surface area (Å²) in [6.45, 7) is 0.954. The summed E-state index contributed by atoms with van der Waals surface area (Å²) in [5.41, 5.74) is -0.236. The van der Waals surface area contributed by atoms with Gasteiger partial charge in [-0.15, -0.1) is 12.4 Å². The number of ether oxygens (including phenoxy) is 1. The van der Waals surface area contributed by atoms with Gasteiger partial charge in [0.1, 0.15) is 12.4 Å². The zero-order valence-electron chi connectivity index (χ0n) is 9.81. The SMILES string of the molecule is CC(=O)Nc1c(OCC=O)cc(Cl)cc1C(=O)O.Cl. The van der Waals surface area contributed by atoms with Gasteiger partial charge in [-0.05, 0) is 6.07 Å². The topological polar surface area (TPSA) is 92.7 Å². The molecule has 0 spiro atoms. The third kappa shape index (κ3) is 4.76. The summed E-state index contributed by atoms with van der Waals surface area (Å²) in [5.74, 6) is -1.70. The van der Waals surface area contributed by atoms with Gasteiger partial charge in [0.05, 0.1) is 11.3 Å². The Morgan fingerprint density at radius 1 is 1.47 bits per heavy atom. The fourth-order valence-electron chi connectivity index (χ4n) is 1.29. The van der Waals surface area contributed by atoms with Crippen LogP contribution in [-0.2, 0) is 9.59 Å². The molecule has 19 heavy (non-hydrogen) atoms. The lowest BCUT2D eigenvalue weighted by Crippen LogP contribution is -2.13. The largest absolute Gasteiger partial charge is 0.484 e. The van der Waals surface area contributed by atoms with Gasteiger partial charge in [0.2, 0.25) is 5.91 Å². The van der Waals surface area contributed by atoms with E-state index >= 15 is 0 Å². The van der Waals surface area contributed by atoms with Crippen LogP contribution in [0.25, 0.3) is 0 Å². The Morgan fingerprint density at radius 2 is 2.11 bits per heavy atom. The van der Waals surface area contributed by atoms with Gasteiger partial charge < -0.3 is 15.2 Å². The summed E-state index contributed by atoms with van der Waals surface area (Å²) in [6.07, 6.45) is 0.499. The molecule has 104 valence electrons. The average molecular weight is 308 g/mol. The van der Waals surface area contributed by atoms with Crippen molar-refractivity contribution in [1.82, 2.24) is 0 Å². The highest BCUT2D eigenvalue weighted by atomic mass is 35.5. The number of anilines is 1. The van der Waals surface area contributed by atoms with E-state index in [4.69, 9.17) is 21.4 Å². The van der Waals surface area contributed by atoms with Crippen LogP contribution in [0, 0.1) is 0 Å². The number of carboxylic acids is 1. The molecule has 0 saturated carbocycles. The zero-order valence-corrected chi connectivity index (χ0v) is 11.4. The van der Waals surface area contributed by atoms with Crippen LogP contribution in [0.5, 0.6) is 5.75 Å². The molecule has 1 amide bonds. The lowest BCUT2D eigenvalue weighted by atomic mass is 10.1. The zero-order chi connectivity index (χ0) is 13.7. The summed E-state index contributed by atoms with van der Waals surface area (Å²) >= 11 is 5.74. The molecule has 8 heteroatoms. The van der Waals surface area contributed by atoms with Gasteiger partial charge in [0.15, 0.2) is 6.29 Å². The third-order valence-electron chi connectivity index (χ3n) is 1.91. The van der Waals surface area contributed by atoms with Crippen LogP contribution in [0.1, 0.15) is 17.3 Å². The lowest BCUT2D eigenvalue weighted by Gasteiger charge is -2.13. The molecule has 0 aliphatic carbocycles. The third-order valence-corrected chi connectivity index (χ3v) is 2.12. The summed E-state index contributed by atoms with van der Waals surface area (Å²) in [5, 5.41) is 11.5. The first-order valence-electron chi connectivity index (χ1n) is 4.86. The second-order valence-corrected chi connectivity index (χ2v) is 3.73. The molecule has 0 fully saturated rings. The minimum Gasteiger partial charge on any atom is -0.484 e. The lowest BCUT2D eigenvalue weighted by molar-refractivity contribution is -0.114. The van der Waals surface area contributed by atoms with E-state index in [1.807, 2.05) is 0 Å². The van der Waals surface area contributed by atoms with Crippen molar-refractivity contribution in [2.24, 2.45) is 0 Å². The van der Waals surface area contributed by atoms with Gasteiger partial charge in [-0.1, -0.05) is 11.6 Å². The van der Waals surface area contributed by atoms with Gasteiger partial charge in [-0.3, -0.25) is 9.59 Å². The Bertz CT molecular complexity index is 504. The normalized spacial score (nSPS) is 9.16. The quantitative estimate of drug-likeness (QED) is 0.812. The van der Waals surface area contributed by atoms with Crippen molar-refractivity contribution >= 4 is 47.9 Å². The van der Waals surface area contributed by atoms with Gasteiger partial charge in [0, 0.05) is 18.0 Å². The van der Waals surface area contributed by atoms with Crippen LogP contribution in [0.2, 0.25) is 5.02 Å². The molecule has 0 heterocycles. The summed E-state index contributed by atoms with van der Waals surface area (Å²) in [4.78, 5) is 32.3. The fraction of sp³-hybridized carbons (Fsp3) is 0.182. The molecule has 1 aromatic rings. The molecule has 0 aromatic heterocycles. The molecular formula is C11H11Cl2NO5. The summed E-state index contributed by atoms with van der Waals surface area (Å²) in [6, 6.07) is 2.51. The van der Waals surface area contributed by atoms with Crippen molar-refractivity contribution in [2.45, 2.75) is 6.92 Å². The highest BCUT2D eigenvalue weighted by Gasteiger charge is 2.18. The number of rotatable bonds is 5. The minimum atomic E-state index is -1.27. The fourth-order valence-corrected chi connectivity index (χ4v) is 1.50. The van der Waals surface area contributed by atoms with E-state index in [1.54, 1.807) is 0 Å². The number of nitrogens with one attached hydrogen (secondary N) is 1. The standard InChI is InChI=1S/C11H10ClNO5.ClH/c1-6(15)13-10-8(11(16)17)4-7(12)5-9(10)18-3-2-14;/h2,4-5H,3H2,1H3,(H,13,15)(H,16,17);1H. The number of aromatic carboxylic acids is 1. The number of carboxylic acid groups (broad SMARTS) is 1. The van der Waals surface area contributed by atoms with E-state index < -0.39 is 11.9 Å². The molecule has 1 aromatic carbocycles. The van der Waals surface area contributed by atoms with Crippen LogP contribution in [0.3, 0.4) is 0 Å². The Balaban J connectivity index is 0.00000324. The number of benzene rings is 1. The molecule has 0 bridgehead atoms. The minimum absolute atomic E-state index is 0. The van der Waals surface area contributed by atoms with Crippen LogP contribution in [0.4, 0.5) is 5.69 Å². The molecule has 0 atom stereocenters. The van der Waals surface area contributed by atoms with E-state index in [0.29, 0.717) is 6.29 Å². The molecule has 0 aliphatic heterocycles. The predicted octanol–water partition coefficient (Wildman–Crippen LogP) is 2.00. The van der Waals surface area contributed by atoms with E-state index in [2.05, 4.69) is 5.32 Å². The van der Waals surface area contributed by atoms with Gasteiger partial charge >= 0.3 is 5.97 Å². The summed E-state index contributed by atoms with van der Waals surface area (Å²) in [7, 11) is 0. The van der Waals surface area contributed by atoms with E-state index in [-0.39, 0.29) is 41.0 Å². The number of carbonyl (C=O) groups is 3. The molecule has 2 N–H and O–H groups in total. The van der Waals surface area contributed by atoms with Crippen molar-refractivity contribution in [3.63, 3.8) is 0 Å². The smallest absolute Gasteiger partial charge is 0.338 e. The first-order chi connectivity index (χ1) is 8.45. The van der Waals surface area contributed by atoms with E-state index in [9.17, 15) is 14.4 Å². The predicted molar refractivity (Wildman–Crippen MR) is 71.5 cm³/mol. The Kier molecular flexibility index (Phi) is 6.89. The van der Waals surface area contributed by atoms with Gasteiger partial charge in [0.25, 0.3) is 0 Å². The number of aldehydes is 1. The Morgan fingerprint density at radius 3 is 2.58 bits per heavy atom. The monoisotopic (exact) mass is 307 g/mol. The molecule has 0 saturated heterocycles. The first kappa shape index (κ1) is 17.2. The molecule has 0 aliphatic rings. The van der Waals surface area contributed by atoms with Crippen molar-refractivity contribution in [3.8, 4) is 5.75 Å². The highest BCUT2D eigenvalue weighted by molar-refractivity contribution is 6.31. The first-order valence-corrected chi connectivity index (χ1v) is 5.24. The second-order valence-electron chi connectivity index (χ2n) is 3.29. The number of halogens is 2. The number of amides is 1. The van der Waals surface area contributed by atoms with Crippen LogP contribution >= 0.6 is 24.0 Å². The Hall–Kier alpha value is -1.79. The van der Waals surface area contributed by atoms with E-state index in [1.165, 1.54) is 19.1 Å². The van der Waals surface area contributed by atoms with Crippen molar-refractivity contribution in [3.05, 3.63) is 22.7 Å². The maximum atomic E-state index is 11.0. The van der Waals surface area contributed by atoms with Crippen molar-refractivity contribution < 1.29 is 24.2 Å². The molecular weight excluding hydrogens is 297 g/mol. The van der Waals surface area contributed by atoms with Crippen LogP contribution in [0.15, 0.2) is 12.1 Å². The van der Waals surface area contributed by atoms with E-state index in [0.717, 1.165) is 0 Å². The Labute approximate surface area is 120 Å². The number of hydrogen-bond acceptors (Lipinski definition) is 4. The number of carbonyl (C=O) groups excluding carboxylic acids is 2. The maximum Gasteiger partial charge on any atom is 0.338 e. The molecule has 1 rings (SSSR count). The van der Waals surface area contributed by atoms with Crippen LogP contribution in [-0.4, -0.2) is 29.9 Å².